The van der Waals surface area contributed by atoms with Crippen LogP contribution in [0.3, 0.4) is 0 Å². The van der Waals surface area contributed by atoms with Crippen molar-refractivity contribution in [2.24, 2.45) is 17.8 Å². The molecule has 116 valence electrons. The lowest BCUT2D eigenvalue weighted by molar-refractivity contribution is -0.144. The number of alkyl carbamates (subject to hydrolysis) is 1. The number of hydrogen-bond acceptors (Lipinski definition) is 4. The molecule has 0 bridgehead atoms. The van der Waals surface area contributed by atoms with Gasteiger partial charge in [0.2, 0.25) is 0 Å². The lowest BCUT2D eigenvalue weighted by Gasteiger charge is -2.25. The van der Waals surface area contributed by atoms with Gasteiger partial charge in [0.1, 0.15) is 11.6 Å². The third-order valence-electron chi connectivity index (χ3n) is 3.65. The molecule has 0 saturated heterocycles. The highest BCUT2D eigenvalue weighted by atomic mass is 16.6. The lowest BCUT2D eigenvalue weighted by atomic mass is 9.95. The van der Waals surface area contributed by atoms with Crippen LogP contribution in [0.1, 0.15) is 47.5 Å². The topological polar surface area (TPSA) is 64.6 Å². The van der Waals surface area contributed by atoms with Crippen LogP contribution in [0, 0.1) is 17.8 Å². The Morgan fingerprint density at radius 1 is 1.35 bits per heavy atom. The van der Waals surface area contributed by atoms with Crippen molar-refractivity contribution in [2.45, 2.75) is 59.1 Å². The Kier molecular flexibility index (Phi) is 5.42. The van der Waals surface area contributed by atoms with Gasteiger partial charge in [-0.1, -0.05) is 13.8 Å². The molecular formula is C15H27NO4. The zero-order valence-corrected chi connectivity index (χ0v) is 13.4. The molecule has 1 N–H and O–H groups in total. The Morgan fingerprint density at radius 3 is 2.30 bits per heavy atom. The molecule has 1 saturated carbocycles. The minimum absolute atomic E-state index is 0.0323. The maximum Gasteiger partial charge on any atom is 0.408 e. The van der Waals surface area contributed by atoms with Gasteiger partial charge in [-0.05, 0) is 51.4 Å². The van der Waals surface area contributed by atoms with Gasteiger partial charge in [0, 0.05) is 0 Å². The van der Waals surface area contributed by atoms with Gasteiger partial charge in [-0.15, -0.1) is 0 Å². The first-order chi connectivity index (χ1) is 9.14. The van der Waals surface area contributed by atoms with E-state index in [1.165, 1.54) is 13.5 Å². The second-order valence-electron chi connectivity index (χ2n) is 6.83. The Hall–Kier alpha value is -1.26. The van der Waals surface area contributed by atoms with Crippen molar-refractivity contribution in [1.82, 2.24) is 5.32 Å². The van der Waals surface area contributed by atoms with Crippen LogP contribution in [0.4, 0.5) is 4.79 Å². The fourth-order valence-electron chi connectivity index (χ4n) is 2.34. The monoisotopic (exact) mass is 285 g/mol. The van der Waals surface area contributed by atoms with Gasteiger partial charge in [0.25, 0.3) is 0 Å². The summed E-state index contributed by atoms with van der Waals surface area (Å²) in [7, 11) is 1.33. The summed E-state index contributed by atoms with van der Waals surface area (Å²) in [4.78, 5) is 23.7. The van der Waals surface area contributed by atoms with Gasteiger partial charge in [0.15, 0.2) is 0 Å². The quantitative estimate of drug-likeness (QED) is 0.789. The predicted molar refractivity (Wildman–Crippen MR) is 76.2 cm³/mol. The number of esters is 1. The number of carbonyl (C=O) groups excluding carboxylic acids is 2. The molecule has 0 radical (unpaired) electrons. The summed E-state index contributed by atoms with van der Waals surface area (Å²) in [6.07, 6.45) is 1.53. The number of nitrogens with one attached hydrogen (secondary N) is 1. The molecule has 1 aliphatic carbocycles. The average molecular weight is 285 g/mol. The molecule has 20 heavy (non-hydrogen) atoms. The van der Waals surface area contributed by atoms with E-state index in [2.05, 4.69) is 12.2 Å². The number of ether oxygens (including phenoxy) is 2. The fourth-order valence-corrected chi connectivity index (χ4v) is 2.34. The van der Waals surface area contributed by atoms with Crippen LogP contribution < -0.4 is 5.32 Å². The summed E-state index contributed by atoms with van der Waals surface area (Å²) in [5.41, 5.74) is -0.584. The first-order valence-corrected chi connectivity index (χ1v) is 7.21. The third-order valence-corrected chi connectivity index (χ3v) is 3.65. The maximum absolute atomic E-state index is 11.8. The van der Waals surface area contributed by atoms with Crippen LogP contribution in [0.2, 0.25) is 0 Å². The van der Waals surface area contributed by atoms with E-state index in [9.17, 15) is 9.59 Å². The van der Waals surface area contributed by atoms with Crippen molar-refractivity contribution in [3.05, 3.63) is 0 Å². The van der Waals surface area contributed by atoms with Crippen LogP contribution in [0.5, 0.6) is 0 Å². The largest absolute Gasteiger partial charge is 0.467 e. The van der Waals surface area contributed by atoms with Gasteiger partial charge in [-0.3, -0.25) is 0 Å². The van der Waals surface area contributed by atoms with Crippen LogP contribution in [-0.4, -0.2) is 30.8 Å². The van der Waals surface area contributed by atoms with Crippen molar-refractivity contribution in [2.75, 3.05) is 7.11 Å². The van der Waals surface area contributed by atoms with E-state index in [-0.39, 0.29) is 5.92 Å². The summed E-state index contributed by atoms with van der Waals surface area (Å²) in [5.74, 6) is 0.983. The van der Waals surface area contributed by atoms with Gasteiger partial charge >= 0.3 is 12.1 Å². The molecule has 1 aliphatic rings. The Labute approximate surface area is 121 Å². The van der Waals surface area contributed by atoms with Crippen LogP contribution in [0.25, 0.3) is 0 Å². The molecule has 1 rings (SSSR count). The lowest BCUT2D eigenvalue weighted by Crippen LogP contribution is -2.47. The fraction of sp³-hybridized carbons (Fsp3) is 0.867. The van der Waals surface area contributed by atoms with E-state index >= 15 is 0 Å². The predicted octanol–water partition coefficient (Wildman–Crippen LogP) is 2.73. The molecule has 0 heterocycles. The smallest absolute Gasteiger partial charge is 0.408 e. The summed E-state index contributed by atoms with van der Waals surface area (Å²) < 4.78 is 9.98. The normalized spacial score (nSPS) is 24.5. The van der Waals surface area contributed by atoms with E-state index in [1.807, 2.05) is 6.92 Å². The van der Waals surface area contributed by atoms with E-state index in [1.54, 1.807) is 20.8 Å². The van der Waals surface area contributed by atoms with E-state index in [0.29, 0.717) is 5.92 Å². The first kappa shape index (κ1) is 16.8. The molecule has 0 aromatic heterocycles. The van der Waals surface area contributed by atoms with E-state index < -0.39 is 23.7 Å². The highest BCUT2D eigenvalue weighted by Gasteiger charge is 2.38. The molecular weight excluding hydrogens is 258 g/mol. The third kappa shape index (κ3) is 5.39. The highest BCUT2D eigenvalue weighted by molar-refractivity contribution is 5.81. The second-order valence-corrected chi connectivity index (χ2v) is 6.83. The molecule has 0 aromatic carbocycles. The van der Waals surface area contributed by atoms with Crippen molar-refractivity contribution < 1.29 is 19.1 Å². The maximum atomic E-state index is 11.8. The molecule has 4 atom stereocenters. The van der Waals surface area contributed by atoms with Crippen LogP contribution in [-0.2, 0) is 14.3 Å². The Balaban J connectivity index is 2.59. The molecule has 0 aliphatic heterocycles. The van der Waals surface area contributed by atoms with E-state index in [4.69, 9.17) is 9.47 Å². The summed E-state index contributed by atoms with van der Waals surface area (Å²) >= 11 is 0. The van der Waals surface area contributed by atoms with Crippen LogP contribution >= 0.6 is 0 Å². The van der Waals surface area contributed by atoms with Crippen molar-refractivity contribution >= 4 is 12.1 Å². The van der Waals surface area contributed by atoms with Gasteiger partial charge in [0.05, 0.1) is 7.11 Å². The molecule has 5 nitrogen and oxygen atoms in total. The summed E-state index contributed by atoms with van der Waals surface area (Å²) in [6.45, 7) is 9.52. The Bertz CT molecular complexity index is 361. The zero-order valence-electron chi connectivity index (χ0n) is 13.4. The van der Waals surface area contributed by atoms with Crippen molar-refractivity contribution in [3.8, 4) is 0 Å². The molecule has 5 heteroatoms. The Morgan fingerprint density at radius 2 is 1.90 bits per heavy atom. The standard InChI is InChI=1S/C15H27NO4/c1-9-7-11(9)8-10(2)12(13(17)19-6)16-14(18)20-15(3,4)5/h9-12H,7-8H2,1-6H3,(H,16,18)/t9-,10+,11-,12+/m1/s1. The number of methoxy groups -OCH3 is 1. The van der Waals surface area contributed by atoms with Gasteiger partial charge in [-0.2, -0.15) is 0 Å². The van der Waals surface area contributed by atoms with Gasteiger partial charge in [-0.25, -0.2) is 9.59 Å². The minimum atomic E-state index is -0.650. The molecule has 0 aromatic rings. The van der Waals surface area contributed by atoms with Gasteiger partial charge < -0.3 is 14.8 Å². The number of amides is 1. The number of carbonyl (C=O) groups is 2. The molecule has 1 fully saturated rings. The number of rotatable bonds is 5. The average Bonchev–Trinajstić information content (AvgIpc) is 2.98. The van der Waals surface area contributed by atoms with Crippen molar-refractivity contribution in [1.29, 1.82) is 0 Å². The molecule has 0 unspecified atom stereocenters. The molecule has 0 spiro atoms. The SMILES string of the molecule is COC(=O)[C@@H](NC(=O)OC(C)(C)C)[C@@H](C)C[C@H]1C[C@H]1C. The number of hydrogen-bond donors (Lipinski definition) is 1. The summed E-state index contributed by atoms with van der Waals surface area (Å²) in [6, 6.07) is -0.650. The first-order valence-electron chi connectivity index (χ1n) is 7.21. The van der Waals surface area contributed by atoms with Crippen molar-refractivity contribution in [3.63, 3.8) is 0 Å². The highest BCUT2D eigenvalue weighted by Crippen LogP contribution is 2.43. The zero-order chi connectivity index (χ0) is 15.5. The van der Waals surface area contributed by atoms with E-state index in [0.717, 1.165) is 12.3 Å². The minimum Gasteiger partial charge on any atom is -0.467 e. The van der Waals surface area contributed by atoms with Crippen LogP contribution in [0.15, 0.2) is 0 Å². The molecule has 1 amide bonds. The summed E-state index contributed by atoms with van der Waals surface area (Å²) in [5, 5.41) is 2.64. The second kappa shape index (κ2) is 6.46.